The van der Waals surface area contributed by atoms with Gasteiger partial charge in [-0.15, -0.1) is 0 Å². The number of rotatable bonds is 4. The summed E-state index contributed by atoms with van der Waals surface area (Å²) in [5, 5.41) is 0. The first-order valence-electron chi connectivity index (χ1n) is 5.39. The van der Waals surface area contributed by atoms with E-state index in [4.69, 9.17) is 9.47 Å². The highest BCUT2D eigenvalue weighted by Gasteiger charge is 2.01. The third kappa shape index (κ3) is 3.47. The van der Waals surface area contributed by atoms with E-state index >= 15 is 0 Å². The van der Waals surface area contributed by atoms with Crippen molar-refractivity contribution in [1.82, 2.24) is 0 Å². The summed E-state index contributed by atoms with van der Waals surface area (Å²) in [6.45, 7) is 0.368. The van der Waals surface area contributed by atoms with Gasteiger partial charge in [-0.2, -0.15) is 0 Å². The lowest BCUT2D eigenvalue weighted by Crippen LogP contribution is -1.96. The Morgan fingerprint density at radius 1 is 1.11 bits per heavy atom. The lowest BCUT2D eigenvalue weighted by atomic mass is 10.2. The van der Waals surface area contributed by atoms with Crippen LogP contribution in [0.5, 0.6) is 11.5 Å². The molecular weight excluding hydrogens is 299 g/mol. The number of benzene rings is 2. The Morgan fingerprint density at radius 2 is 1.94 bits per heavy atom. The van der Waals surface area contributed by atoms with Gasteiger partial charge in [0.05, 0.1) is 7.11 Å². The molecule has 0 aliphatic heterocycles. The minimum atomic E-state index is -0.329. The molecule has 0 bridgehead atoms. The molecule has 0 radical (unpaired) electrons. The van der Waals surface area contributed by atoms with Crippen LogP contribution < -0.4 is 9.47 Å². The van der Waals surface area contributed by atoms with Crippen LogP contribution in [0, 0.1) is 5.82 Å². The van der Waals surface area contributed by atoms with Gasteiger partial charge in [0.2, 0.25) is 0 Å². The Balaban J connectivity index is 2.06. The maximum absolute atomic E-state index is 13.1. The molecule has 2 rings (SSSR count). The van der Waals surface area contributed by atoms with Crippen LogP contribution in [0.4, 0.5) is 4.39 Å². The molecule has 0 amide bonds. The molecule has 2 aromatic rings. The first-order valence-corrected chi connectivity index (χ1v) is 6.18. The van der Waals surface area contributed by atoms with Crippen LogP contribution in [-0.4, -0.2) is 7.11 Å². The first kappa shape index (κ1) is 12.9. The normalized spacial score (nSPS) is 10.2. The summed E-state index contributed by atoms with van der Waals surface area (Å²) in [7, 11) is 1.61. The van der Waals surface area contributed by atoms with Gasteiger partial charge in [-0.05, 0) is 29.8 Å². The van der Waals surface area contributed by atoms with Crippen molar-refractivity contribution in [3.63, 3.8) is 0 Å². The number of hydrogen-bond donors (Lipinski definition) is 0. The average Bonchev–Trinajstić information content (AvgIpc) is 2.35. The quantitative estimate of drug-likeness (QED) is 0.843. The Kier molecular flexibility index (Phi) is 4.20. The minimum Gasteiger partial charge on any atom is -0.497 e. The van der Waals surface area contributed by atoms with Gasteiger partial charge in [0, 0.05) is 10.5 Å². The fourth-order valence-corrected chi connectivity index (χ4v) is 1.99. The van der Waals surface area contributed by atoms with Crippen molar-refractivity contribution < 1.29 is 13.9 Å². The van der Waals surface area contributed by atoms with Gasteiger partial charge < -0.3 is 9.47 Å². The third-order valence-electron chi connectivity index (χ3n) is 2.38. The van der Waals surface area contributed by atoms with E-state index in [9.17, 15) is 4.39 Å². The molecule has 0 atom stereocenters. The Hall–Kier alpha value is -1.55. The Bertz CT molecular complexity index is 523. The smallest absolute Gasteiger partial charge is 0.128 e. The van der Waals surface area contributed by atoms with Crippen molar-refractivity contribution in [2.45, 2.75) is 6.61 Å². The molecule has 0 unspecified atom stereocenters. The van der Waals surface area contributed by atoms with Crippen molar-refractivity contribution in [2.24, 2.45) is 0 Å². The molecular formula is C14H12BrFO2. The average molecular weight is 311 g/mol. The van der Waals surface area contributed by atoms with E-state index in [1.165, 1.54) is 12.1 Å². The van der Waals surface area contributed by atoms with Crippen LogP contribution in [0.15, 0.2) is 46.9 Å². The number of ether oxygens (including phenoxy) is 2. The van der Waals surface area contributed by atoms with E-state index in [0.717, 1.165) is 11.3 Å². The number of methoxy groups -OCH3 is 1. The largest absolute Gasteiger partial charge is 0.497 e. The van der Waals surface area contributed by atoms with Crippen molar-refractivity contribution in [3.05, 3.63) is 58.3 Å². The molecule has 0 aliphatic carbocycles. The first-order chi connectivity index (χ1) is 8.67. The second-order valence-electron chi connectivity index (χ2n) is 3.75. The van der Waals surface area contributed by atoms with E-state index in [1.54, 1.807) is 13.2 Å². The fraction of sp³-hybridized carbons (Fsp3) is 0.143. The van der Waals surface area contributed by atoms with Gasteiger partial charge >= 0.3 is 0 Å². The number of halogens is 2. The zero-order valence-corrected chi connectivity index (χ0v) is 11.4. The zero-order chi connectivity index (χ0) is 13.0. The molecule has 0 spiro atoms. The second-order valence-corrected chi connectivity index (χ2v) is 4.66. The summed E-state index contributed by atoms with van der Waals surface area (Å²) >= 11 is 3.22. The third-order valence-corrected chi connectivity index (χ3v) is 2.83. The maximum atomic E-state index is 13.1. The van der Waals surface area contributed by atoms with Gasteiger partial charge in [-0.3, -0.25) is 0 Å². The summed E-state index contributed by atoms with van der Waals surface area (Å²) in [4.78, 5) is 0. The minimum absolute atomic E-state index is 0.329. The monoisotopic (exact) mass is 310 g/mol. The summed E-state index contributed by atoms with van der Waals surface area (Å²) in [6.07, 6.45) is 0. The maximum Gasteiger partial charge on any atom is 0.128 e. The van der Waals surface area contributed by atoms with Gasteiger partial charge in [0.25, 0.3) is 0 Å². The molecule has 2 aromatic carbocycles. The molecule has 4 heteroatoms. The van der Waals surface area contributed by atoms with E-state index in [1.807, 2.05) is 24.3 Å². The van der Waals surface area contributed by atoms with Crippen LogP contribution in [0.2, 0.25) is 0 Å². The predicted octanol–water partition coefficient (Wildman–Crippen LogP) is 4.18. The lowest BCUT2D eigenvalue weighted by molar-refractivity contribution is 0.303. The van der Waals surface area contributed by atoms with E-state index in [-0.39, 0.29) is 5.82 Å². The fourth-order valence-electron chi connectivity index (χ4n) is 1.54. The summed E-state index contributed by atoms with van der Waals surface area (Å²) in [5.74, 6) is 0.936. The van der Waals surface area contributed by atoms with Gasteiger partial charge in [-0.1, -0.05) is 28.1 Å². The SMILES string of the molecule is COc1cccc(COc2cc(F)cc(Br)c2)c1. The van der Waals surface area contributed by atoms with E-state index in [2.05, 4.69) is 15.9 Å². The van der Waals surface area contributed by atoms with Crippen LogP contribution in [0.3, 0.4) is 0 Å². The highest BCUT2D eigenvalue weighted by atomic mass is 79.9. The van der Waals surface area contributed by atoms with Gasteiger partial charge in [0.15, 0.2) is 0 Å². The molecule has 0 heterocycles. The highest BCUT2D eigenvalue weighted by molar-refractivity contribution is 9.10. The van der Waals surface area contributed by atoms with Crippen LogP contribution >= 0.6 is 15.9 Å². The van der Waals surface area contributed by atoms with Crippen molar-refractivity contribution in [1.29, 1.82) is 0 Å². The molecule has 0 aliphatic rings. The molecule has 0 aromatic heterocycles. The molecule has 0 fully saturated rings. The molecule has 2 nitrogen and oxygen atoms in total. The molecule has 0 saturated carbocycles. The van der Waals surface area contributed by atoms with Crippen molar-refractivity contribution in [3.8, 4) is 11.5 Å². The molecule has 18 heavy (non-hydrogen) atoms. The van der Waals surface area contributed by atoms with Crippen LogP contribution in [-0.2, 0) is 6.61 Å². The predicted molar refractivity (Wildman–Crippen MR) is 71.4 cm³/mol. The molecule has 94 valence electrons. The van der Waals surface area contributed by atoms with Gasteiger partial charge in [-0.25, -0.2) is 4.39 Å². The highest BCUT2D eigenvalue weighted by Crippen LogP contribution is 2.22. The Morgan fingerprint density at radius 3 is 2.67 bits per heavy atom. The topological polar surface area (TPSA) is 18.5 Å². The van der Waals surface area contributed by atoms with E-state index in [0.29, 0.717) is 16.8 Å². The summed E-state index contributed by atoms with van der Waals surface area (Å²) in [5.41, 5.74) is 0.967. The summed E-state index contributed by atoms with van der Waals surface area (Å²) < 4.78 is 24.4. The second kappa shape index (κ2) is 5.87. The van der Waals surface area contributed by atoms with Crippen LogP contribution in [0.1, 0.15) is 5.56 Å². The lowest BCUT2D eigenvalue weighted by Gasteiger charge is -2.08. The zero-order valence-electron chi connectivity index (χ0n) is 9.82. The van der Waals surface area contributed by atoms with Crippen molar-refractivity contribution in [2.75, 3.05) is 7.11 Å². The van der Waals surface area contributed by atoms with Crippen LogP contribution in [0.25, 0.3) is 0 Å². The molecule has 0 N–H and O–H groups in total. The number of hydrogen-bond acceptors (Lipinski definition) is 2. The standard InChI is InChI=1S/C14H12BrFO2/c1-17-13-4-2-3-10(5-13)9-18-14-7-11(15)6-12(16)8-14/h2-8H,9H2,1H3. The summed E-state index contributed by atoms with van der Waals surface area (Å²) in [6, 6.07) is 12.0. The Labute approximate surface area is 113 Å². The van der Waals surface area contributed by atoms with Gasteiger partial charge in [0.1, 0.15) is 23.9 Å². The van der Waals surface area contributed by atoms with Crippen molar-refractivity contribution >= 4 is 15.9 Å². The van der Waals surface area contributed by atoms with E-state index < -0.39 is 0 Å². The molecule has 0 saturated heterocycles.